The number of halogens is 2. The molecule has 6 N–H and O–H groups in total. The van der Waals surface area contributed by atoms with Gasteiger partial charge in [0.2, 0.25) is 5.91 Å². The van der Waals surface area contributed by atoms with Gasteiger partial charge in [-0.25, -0.2) is 8.78 Å². The summed E-state index contributed by atoms with van der Waals surface area (Å²) < 4.78 is 28.9. The first-order valence-corrected chi connectivity index (χ1v) is 14.0. The van der Waals surface area contributed by atoms with Crippen LogP contribution in [0.3, 0.4) is 0 Å². The highest BCUT2D eigenvalue weighted by molar-refractivity contribution is 5.74. The standard InChI is InChI=1S/C28H45F2N7O/c1-18(38)36-12-8-24(35-20-6-9-34-10-7-20)22(15-36)27(32)37-11-4-5-19-13-23(28(2,16-31)17-33-3)21(26(29)30)14-25(19)37/h13-14,16,20,22,24,26-27,31,33-35H,4-12,15,17,32H2,1-3H3. The summed E-state index contributed by atoms with van der Waals surface area (Å²) >= 11 is 0. The van der Waals surface area contributed by atoms with Crippen molar-refractivity contribution >= 4 is 17.8 Å². The van der Waals surface area contributed by atoms with Gasteiger partial charge < -0.3 is 36.9 Å². The van der Waals surface area contributed by atoms with Crippen molar-refractivity contribution in [1.82, 2.24) is 20.9 Å². The molecule has 10 heteroatoms. The molecular formula is C28H45F2N7O. The van der Waals surface area contributed by atoms with Gasteiger partial charge in [0, 0.05) is 74.0 Å². The van der Waals surface area contributed by atoms with E-state index in [9.17, 15) is 13.6 Å². The highest BCUT2D eigenvalue weighted by Crippen LogP contribution is 2.40. The Labute approximate surface area is 225 Å². The van der Waals surface area contributed by atoms with Gasteiger partial charge in [0.1, 0.15) is 0 Å². The predicted octanol–water partition coefficient (Wildman–Crippen LogP) is 2.37. The molecule has 1 aromatic carbocycles. The van der Waals surface area contributed by atoms with Crippen LogP contribution >= 0.6 is 0 Å². The average molecular weight is 534 g/mol. The Morgan fingerprint density at radius 3 is 2.66 bits per heavy atom. The minimum absolute atomic E-state index is 0.0284. The van der Waals surface area contributed by atoms with Crippen molar-refractivity contribution in [2.24, 2.45) is 11.7 Å². The topological polar surface area (TPSA) is 110 Å². The van der Waals surface area contributed by atoms with Crippen LogP contribution in [0, 0.1) is 11.3 Å². The van der Waals surface area contributed by atoms with Crippen LogP contribution < -0.4 is 26.6 Å². The number of nitrogens with one attached hydrogen (secondary N) is 4. The Bertz CT molecular complexity index is 986. The molecular weight excluding hydrogens is 488 g/mol. The molecule has 1 aromatic rings. The molecule has 3 aliphatic heterocycles. The molecule has 0 aliphatic carbocycles. The molecule has 1 amide bonds. The van der Waals surface area contributed by atoms with Crippen molar-refractivity contribution in [3.63, 3.8) is 0 Å². The van der Waals surface area contributed by atoms with Gasteiger partial charge in [0.25, 0.3) is 6.43 Å². The number of hydrogen-bond donors (Lipinski definition) is 5. The summed E-state index contributed by atoms with van der Waals surface area (Å²) in [6.07, 6.45) is 2.77. The van der Waals surface area contributed by atoms with Gasteiger partial charge in [-0.15, -0.1) is 0 Å². The van der Waals surface area contributed by atoms with Crippen LogP contribution in [0.1, 0.15) is 62.6 Å². The van der Waals surface area contributed by atoms with E-state index < -0.39 is 18.0 Å². The van der Waals surface area contributed by atoms with E-state index in [0.717, 1.165) is 56.4 Å². The van der Waals surface area contributed by atoms with E-state index in [-0.39, 0.29) is 23.4 Å². The van der Waals surface area contributed by atoms with E-state index in [1.807, 2.05) is 17.9 Å². The first kappa shape index (κ1) is 28.9. The summed E-state index contributed by atoms with van der Waals surface area (Å²) in [5.41, 5.74) is 8.40. The number of alkyl halides is 2. The number of likely N-dealkylation sites (N-methyl/N-ethyl adjacent to an activating group) is 1. The number of anilines is 1. The maximum Gasteiger partial charge on any atom is 0.264 e. The molecule has 0 bridgehead atoms. The Morgan fingerprint density at radius 2 is 2.03 bits per heavy atom. The van der Waals surface area contributed by atoms with Crippen molar-refractivity contribution in [3.05, 3.63) is 28.8 Å². The highest BCUT2D eigenvalue weighted by atomic mass is 19.3. The molecule has 4 atom stereocenters. The summed E-state index contributed by atoms with van der Waals surface area (Å²) in [5.74, 6) is 0.0148. The van der Waals surface area contributed by atoms with Gasteiger partial charge in [-0.05, 0) is 76.4 Å². The summed E-state index contributed by atoms with van der Waals surface area (Å²) in [6.45, 7) is 7.73. The van der Waals surface area contributed by atoms with Crippen LogP contribution in [-0.2, 0) is 16.6 Å². The maximum atomic E-state index is 14.4. The Morgan fingerprint density at radius 1 is 1.29 bits per heavy atom. The molecule has 0 radical (unpaired) electrons. The number of nitrogens with two attached hydrogens (primary N) is 1. The van der Waals surface area contributed by atoms with Gasteiger partial charge in [-0.3, -0.25) is 4.79 Å². The minimum Gasteiger partial charge on any atom is -0.356 e. The second kappa shape index (κ2) is 12.4. The lowest BCUT2D eigenvalue weighted by Crippen LogP contribution is -2.63. The van der Waals surface area contributed by atoms with Gasteiger partial charge in [-0.2, -0.15) is 0 Å². The lowest BCUT2D eigenvalue weighted by atomic mass is 9.78. The normalized spacial score (nSPS) is 25.1. The van der Waals surface area contributed by atoms with Gasteiger partial charge in [-0.1, -0.05) is 6.07 Å². The molecule has 38 heavy (non-hydrogen) atoms. The summed E-state index contributed by atoms with van der Waals surface area (Å²) in [7, 11) is 1.77. The van der Waals surface area contributed by atoms with Crippen LogP contribution in [0.2, 0.25) is 0 Å². The molecule has 4 unspecified atom stereocenters. The van der Waals surface area contributed by atoms with Crippen LogP contribution in [-0.4, -0.2) is 81.6 Å². The van der Waals surface area contributed by atoms with Crippen molar-refractivity contribution < 1.29 is 13.6 Å². The van der Waals surface area contributed by atoms with Gasteiger partial charge in [0.15, 0.2) is 0 Å². The van der Waals surface area contributed by atoms with Crippen molar-refractivity contribution in [2.45, 2.75) is 76.0 Å². The molecule has 8 nitrogen and oxygen atoms in total. The van der Waals surface area contributed by atoms with Crippen LogP contribution in [0.25, 0.3) is 0 Å². The first-order chi connectivity index (χ1) is 18.2. The predicted molar refractivity (Wildman–Crippen MR) is 148 cm³/mol. The third kappa shape index (κ3) is 6.03. The number of carbonyl (C=O) groups is 1. The summed E-state index contributed by atoms with van der Waals surface area (Å²) in [6, 6.07) is 4.06. The molecule has 4 rings (SSSR count). The number of benzene rings is 1. The number of rotatable bonds is 9. The lowest BCUT2D eigenvalue weighted by Gasteiger charge is -2.47. The fourth-order valence-corrected chi connectivity index (χ4v) is 6.60. The number of carbonyl (C=O) groups excluding carboxylic acids is 1. The molecule has 0 saturated carbocycles. The molecule has 3 aliphatic rings. The maximum absolute atomic E-state index is 14.4. The van der Waals surface area contributed by atoms with Crippen molar-refractivity contribution in [3.8, 4) is 0 Å². The number of piperidine rings is 2. The summed E-state index contributed by atoms with van der Waals surface area (Å²) in [5, 5.41) is 18.3. The van der Waals surface area contributed by atoms with Crippen molar-refractivity contribution in [1.29, 1.82) is 5.41 Å². The van der Waals surface area contributed by atoms with E-state index in [0.29, 0.717) is 37.8 Å². The molecule has 0 spiro atoms. The van der Waals surface area contributed by atoms with Gasteiger partial charge >= 0.3 is 0 Å². The monoisotopic (exact) mass is 533 g/mol. The number of nitrogens with zero attached hydrogens (tertiary/aromatic N) is 2. The van der Waals surface area contributed by atoms with Crippen molar-refractivity contribution in [2.75, 3.05) is 51.2 Å². The van der Waals surface area contributed by atoms with E-state index >= 15 is 0 Å². The Balaban J connectivity index is 1.67. The average Bonchev–Trinajstić information content (AvgIpc) is 2.92. The quantitative estimate of drug-likeness (QED) is 0.312. The smallest absolute Gasteiger partial charge is 0.264 e. The summed E-state index contributed by atoms with van der Waals surface area (Å²) in [4.78, 5) is 16.3. The van der Waals surface area contributed by atoms with E-state index in [4.69, 9.17) is 11.1 Å². The number of hydrogen-bond acceptors (Lipinski definition) is 7. The van der Waals surface area contributed by atoms with Crippen LogP contribution in [0.4, 0.5) is 14.5 Å². The number of amides is 1. The molecule has 0 aromatic heterocycles. The number of aryl methyl sites for hydroxylation is 1. The first-order valence-electron chi connectivity index (χ1n) is 14.0. The second-order valence-corrected chi connectivity index (χ2v) is 11.5. The Kier molecular flexibility index (Phi) is 9.39. The fourth-order valence-electron chi connectivity index (χ4n) is 6.60. The molecule has 2 saturated heterocycles. The number of likely N-dealkylation sites (tertiary alicyclic amines) is 1. The molecule has 3 heterocycles. The Hall–Kier alpha value is -2.14. The zero-order chi connectivity index (χ0) is 27.4. The zero-order valence-corrected chi connectivity index (χ0v) is 23.0. The highest BCUT2D eigenvalue weighted by Gasteiger charge is 2.40. The second-order valence-electron chi connectivity index (χ2n) is 11.5. The molecule has 2 fully saturated rings. The van der Waals surface area contributed by atoms with Crippen LogP contribution in [0.15, 0.2) is 12.1 Å². The third-order valence-corrected chi connectivity index (χ3v) is 8.81. The fraction of sp³-hybridized carbons (Fsp3) is 0.714. The van der Waals surface area contributed by atoms with Crippen LogP contribution in [0.5, 0.6) is 0 Å². The lowest BCUT2D eigenvalue weighted by molar-refractivity contribution is -0.131. The van der Waals surface area contributed by atoms with E-state index in [1.165, 1.54) is 6.21 Å². The molecule has 212 valence electrons. The van der Waals surface area contributed by atoms with Gasteiger partial charge in [0.05, 0.1) is 6.17 Å². The zero-order valence-electron chi connectivity index (χ0n) is 23.0. The SMILES string of the molecule is CNCC(C)(C=N)c1cc2c(cc1C(F)F)N(C(N)C1CN(C(C)=O)CCC1NC1CCNCC1)CCC2. The largest absolute Gasteiger partial charge is 0.356 e. The van der Waals surface area contributed by atoms with E-state index in [2.05, 4.69) is 20.9 Å². The third-order valence-electron chi connectivity index (χ3n) is 8.81. The van der Waals surface area contributed by atoms with E-state index in [1.54, 1.807) is 20.0 Å². The number of fused-ring (bicyclic) bond motifs is 1. The minimum atomic E-state index is -2.66.